The SMILES string of the molecule is CCOCC(C)NC(=O)c1cc(NC)nc(C(C)C)c1. The molecule has 0 aliphatic carbocycles. The number of carbonyl (C=O) groups is 1. The van der Waals surface area contributed by atoms with Crippen LogP contribution in [0.3, 0.4) is 0 Å². The van der Waals surface area contributed by atoms with E-state index in [1.54, 1.807) is 13.1 Å². The first-order valence-corrected chi connectivity index (χ1v) is 7.06. The molecule has 0 aliphatic rings. The second-order valence-corrected chi connectivity index (χ2v) is 5.10. The zero-order valence-electron chi connectivity index (χ0n) is 13.0. The summed E-state index contributed by atoms with van der Waals surface area (Å²) in [6.07, 6.45) is 0. The van der Waals surface area contributed by atoms with E-state index < -0.39 is 0 Å². The number of amides is 1. The van der Waals surface area contributed by atoms with Gasteiger partial charge >= 0.3 is 0 Å². The summed E-state index contributed by atoms with van der Waals surface area (Å²) in [5, 5.41) is 5.92. The summed E-state index contributed by atoms with van der Waals surface area (Å²) in [6.45, 7) is 9.14. The summed E-state index contributed by atoms with van der Waals surface area (Å²) in [6, 6.07) is 3.58. The standard InChI is InChI=1S/C15H25N3O2/c1-6-20-9-11(4)17-15(19)12-7-13(10(2)3)18-14(8-12)16-5/h7-8,10-11H,6,9H2,1-5H3,(H,16,18)(H,17,19). The zero-order chi connectivity index (χ0) is 15.1. The highest BCUT2D eigenvalue weighted by atomic mass is 16.5. The monoisotopic (exact) mass is 279 g/mol. The van der Waals surface area contributed by atoms with Crippen molar-refractivity contribution in [3.8, 4) is 0 Å². The van der Waals surface area contributed by atoms with Crippen LogP contribution in [-0.4, -0.2) is 37.2 Å². The van der Waals surface area contributed by atoms with Crippen molar-refractivity contribution >= 4 is 11.7 Å². The highest BCUT2D eigenvalue weighted by Crippen LogP contribution is 2.17. The van der Waals surface area contributed by atoms with Crippen LogP contribution in [0.4, 0.5) is 5.82 Å². The molecule has 1 aromatic heterocycles. The largest absolute Gasteiger partial charge is 0.380 e. The number of aromatic nitrogens is 1. The Morgan fingerprint density at radius 1 is 1.35 bits per heavy atom. The summed E-state index contributed by atoms with van der Waals surface area (Å²) < 4.78 is 5.30. The molecule has 1 amide bonds. The topological polar surface area (TPSA) is 63.2 Å². The van der Waals surface area contributed by atoms with Gasteiger partial charge in [-0.05, 0) is 31.9 Å². The molecule has 5 heteroatoms. The van der Waals surface area contributed by atoms with E-state index in [2.05, 4.69) is 29.5 Å². The Labute approximate surface area is 121 Å². The Hall–Kier alpha value is -1.62. The zero-order valence-corrected chi connectivity index (χ0v) is 13.0. The van der Waals surface area contributed by atoms with Crippen LogP contribution >= 0.6 is 0 Å². The number of rotatable bonds is 7. The molecule has 1 heterocycles. The minimum absolute atomic E-state index is 0.0175. The van der Waals surface area contributed by atoms with Crippen molar-refractivity contribution in [2.75, 3.05) is 25.6 Å². The van der Waals surface area contributed by atoms with Crippen molar-refractivity contribution in [3.05, 3.63) is 23.4 Å². The van der Waals surface area contributed by atoms with Crippen molar-refractivity contribution in [1.82, 2.24) is 10.3 Å². The first-order chi connectivity index (χ1) is 9.47. The number of hydrogen-bond donors (Lipinski definition) is 2. The van der Waals surface area contributed by atoms with Gasteiger partial charge in [0.15, 0.2) is 0 Å². The summed E-state index contributed by atoms with van der Waals surface area (Å²) in [5.74, 6) is 0.882. The van der Waals surface area contributed by atoms with E-state index in [0.29, 0.717) is 24.6 Å². The second-order valence-electron chi connectivity index (χ2n) is 5.10. The van der Waals surface area contributed by atoms with Gasteiger partial charge in [-0.2, -0.15) is 0 Å². The third-order valence-electron chi connectivity index (χ3n) is 2.90. The highest BCUT2D eigenvalue weighted by Gasteiger charge is 2.13. The molecule has 0 aromatic carbocycles. The molecule has 0 fully saturated rings. The van der Waals surface area contributed by atoms with Crippen molar-refractivity contribution in [2.45, 2.75) is 39.7 Å². The molecule has 2 N–H and O–H groups in total. The number of hydrogen-bond acceptors (Lipinski definition) is 4. The van der Waals surface area contributed by atoms with Crippen molar-refractivity contribution < 1.29 is 9.53 Å². The molecular formula is C15H25N3O2. The smallest absolute Gasteiger partial charge is 0.251 e. The first-order valence-electron chi connectivity index (χ1n) is 7.06. The van der Waals surface area contributed by atoms with Crippen LogP contribution in [0.1, 0.15) is 49.7 Å². The maximum Gasteiger partial charge on any atom is 0.251 e. The number of ether oxygens (including phenoxy) is 1. The number of nitrogens with zero attached hydrogens (tertiary/aromatic N) is 1. The van der Waals surface area contributed by atoms with E-state index in [9.17, 15) is 4.79 Å². The van der Waals surface area contributed by atoms with Crippen LogP contribution < -0.4 is 10.6 Å². The van der Waals surface area contributed by atoms with E-state index in [4.69, 9.17) is 4.74 Å². The number of nitrogens with one attached hydrogen (secondary N) is 2. The van der Waals surface area contributed by atoms with Gasteiger partial charge in [-0.1, -0.05) is 13.8 Å². The fourth-order valence-electron chi connectivity index (χ4n) is 1.75. The van der Waals surface area contributed by atoms with Crippen LogP contribution in [0, 0.1) is 0 Å². The molecule has 0 saturated heterocycles. The lowest BCUT2D eigenvalue weighted by atomic mass is 10.1. The van der Waals surface area contributed by atoms with Gasteiger partial charge in [0.2, 0.25) is 0 Å². The van der Waals surface area contributed by atoms with E-state index in [1.807, 2.05) is 19.9 Å². The van der Waals surface area contributed by atoms with Gasteiger partial charge in [-0.25, -0.2) is 4.98 Å². The molecule has 1 rings (SSSR count). The van der Waals surface area contributed by atoms with Crippen LogP contribution in [0.5, 0.6) is 0 Å². The second kappa shape index (κ2) is 7.85. The summed E-state index contributed by atoms with van der Waals surface area (Å²) in [5.41, 5.74) is 1.52. The minimum atomic E-state index is -0.0991. The Morgan fingerprint density at radius 3 is 2.60 bits per heavy atom. The predicted molar refractivity (Wildman–Crippen MR) is 81.3 cm³/mol. The Morgan fingerprint density at radius 2 is 2.05 bits per heavy atom. The van der Waals surface area contributed by atoms with Crippen LogP contribution in [0.25, 0.3) is 0 Å². The molecule has 0 aliphatic heterocycles. The number of pyridine rings is 1. The van der Waals surface area contributed by atoms with Crippen LogP contribution in [0.2, 0.25) is 0 Å². The Kier molecular flexibility index (Phi) is 6.45. The average molecular weight is 279 g/mol. The minimum Gasteiger partial charge on any atom is -0.380 e. The van der Waals surface area contributed by atoms with Gasteiger partial charge in [0.1, 0.15) is 5.82 Å². The third kappa shape index (κ3) is 4.81. The van der Waals surface area contributed by atoms with Gasteiger partial charge in [-0.15, -0.1) is 0 Å². The molecule has 0 saturated carbocycles. The van der Waals surface area contributed by atoms with E-state index in [0.717, 1.165) is 5.69 Å². The highest BCUT2D eigenvalue weighted by molar-refractivity contribution is 5.95. The van der Waals surface area contributed by atoms with Crippen molar-refractivity contribution in [2.24, 2.45) is 0 Å². The normalized spacial score (nSPS) is 12.3. The maximum absolute atomic E-state index is 12.2. The quantitative estimate of drug-likeness (QED) is 0.804. The maximum atomic E-state index is 12.2. The van der Waals surface area contributed by atoms with Crippen LogP contribution in [-0.2, 0) is 4.74 Å². The fraction of sp³-hybridized carbons (Fsp3) is 0.600. The van der Waals surface area contributed by atoms with E-state index >= 15 is 0 Å². The lowest BCUT2D eigenvalue weighted by Gasteiger charge is -2.15. The lowest BCUT2D eigenvalue weighted by Crippen LogP contribution is -2.36. The molecule has 5 nitrogen and oxygen atoms in total. The first kappa shape index (κ1) is 16.4. The Bertz CT molecular complexity index is 447. The molecule has 0 spiro atoms. The van der Waals surface area contributed by atoms with Crippen LogP contribution in [0.15, 0.2) is 12.1 Å². The van der Waals surface area contributed by atoms with Gasteiger partial charge in [0.05, 0.1) is 6.61 Å². The van der Waals surface area contributed by atoms with Gasteiger partial charge in [0.25, 0.3) is 5.91 Å². The van der Waals surface area contributed by atoms with Gasteiger partial charge in [-0.3, -0.25) is 4.79 Å². The molecule has 1 unspecified atom stereocenters. The van der Waals surface area contributed by atoms with Gasteiger partial charge in [0, 0.05) is 31.0 Å². The number of anilines is 1. The lowest BCUT2D eigenvalue weighted by molar-refractivity contribution is 0.0872. The summed E-state index contributed by atoms with van der Waals surface area (Å²) in [7, 11) is 1.80. The van der Waals surface area contributed by atoms with Crippen molar-refractivity contribution in [3.63, 3.8) is 0 Å². The average Bonchev–Trinajstić information content (AvgIpc) is 2.44. The van der Waals surface area contributed by atoms with E-state index in [1.165, 1.54) is 0 Å². The predicted octanol–water partition coefficient (Wildman–Crippen LogP) is 2.40. The summed E-state index contributed by atoms with van der Waals surface area (Å²) in [4.78, 5) is 16.7. The number of carbonyl (C=O) groups excluding carboxylic acids is 1. The van der Waals surface area contributed by atoms with Crippen molar-refractivity contribution in [1.29, 1.82) is 0 Å². The molecule has 0 bridgehead atoms. The Balaban J connectivity index is 2.83. The molecule has 1 aromatic rings. The molecule has 20 heavy (non-hydrogen) atoms. The summed E-state index contributed by atoms with van der Waals surface area (Å²) >= 11 is 0. The third-order valence-corrected chi connectivity index (χ3v) is 2.90. The molecular weight excluding hydrogens is 254 g/mol. The molecule has 0 radical (unpaired) electrons. The van der Waals surface area contributed by atoms with E-state index in [-0.39, 0.29) is 17.9 Å². The van der Waals surface area contributed by atoms with Gasteiger partial charge < -0.3 is 15.4 Å². The fourth-order valence-corrected chi connectivity index (χ4v) is 1.75. The molecule has 112 valence electrons. The molecule has 1 atom stereocenters.